The largest absolute Gasteiger partial charge is 0.457 e. The summed E-state index contributed by atoms with van der Waals surface area (Å²) in [5.41, 5.74) is 5.36. The number of likely N-dealkylation sites (tertiary alicyclic amines) is 1. The topological polar surface area (TPSA) is 109 Å². The van der Waals surface area contributed by atoms with Gasteiger partial charge in [0.2, 0.25) is 5.91 Å². The van der Waals surface area contributed by atoms with Crippen molar-refractivity contribution in [2.24, 2.45) is 5.41 Å². The van der Waals surface area contributed by atoms with Gasteiger partial charge >= 0.3 is 5.97 Å². The van der Waals surface area contributed by atoms with Crippen LogP contribution in [0.25, 0.3) is 11.0 Å². The number of piperidine rings is 1. The number of nitrogens with zero attached hydrogens (tertiary/aromatic N) is 4. The Labute approximate surface area is 196 Å². The van der Waals surface area contributed by atoms with Crippen LogP contribution in [-0.2, 0) is 16.1 Å². The van der Waals surface area contributed by atoms with Crippen molar-refractivity contribution in [2.45, 2.75) is 38.9 Å². The number of amides is 1. The molecule has 34 heavy (non-hydrogen) atoms. The molecular formula is C25H26N4O5. The van der Waals surface area contributed by atoms with Crippen LogP contribution in [0.5, 0.6) is 0 Å². The molecule has 3 aliphatic heterocycles. The maximum Gasteiger partial charge on any atom is 0.338 e. The lowest BCUT2D eigenvalue weighted by Crippen LogP contribution is -2.43. The molecule has 9 heteroatoms. The Morgan fingerprint density at radius 2 is 1.91 bits per heavy atom. The molecule has 2 fully saturated rings. The lowest BCUT2D eigenvalue weighted by Gasteiger charge is -2.39. The summed E-state index contributed by atoms with van der Waals surface area (Å²) in [6.45, 7) is 5.09. The number of aromatic nitrogens is 2. The quantitative estimate of drug-likeness (QED) is 0.590. The molecule has 1 spiro atoms. The molecule has 1 aromatic heterocycles. The van der Waals surface area contributed by atoms with Crippen molar-refractivity contribution in [2.75, 3.05) is 31.1 Å². The van der Waals surface area contributed by atoms with E-state index in [-0.39, 0.29) is 23.9 Å². The van der Waals surface area contributed by atoms with Gasteiger partial charge in [0.25, 0.3) is 0 Å². The zero-order chi connectivity index (χ0) is 23.4. The van der Waals surface area contributed by atoms with E-state index in [9.17, 15) is 14.7 Å². The predicted octanol–water partition coefficient (Wildman–Crippen LogP) is 2.75. The molecule has 2 saturated heterocycles. The smallest absolute Gasteiger partial charge is 0.338 e. The highest BCUT2D eigenvalue weighted by molar-refractivity contribution is 5.98. The molecule has 2 aromatic carbocycles. The van der Waals surface area contributed by atoms with Gasteiger partial charge in [-0.1, -0.05) is 6.07 Å². The zero-order valence-corrected chi connectivity index (χ0v) is 19.0. The number of aliphatic hydroxyl groups excluding tert-OH is 1. The fourth-order valence-corrected chi connectivity index (χ4v) is 5.69. The highest BCUT2D eigenvalue weighted by atomic mass is 16.6. The van der Waals surface area contributed by atoms with E-state index >= 15 is 0 Å². The van der Waals surface area contributed by atoms with Crippen LogP contribution in [0.1, 0.15) is 52.4 Å². The number of carbonyl (C=O) groups is 2. The second-order valence-corrected chi connectivity index (χ2v) is 9.79. The van der Waals surface area contributed by atoms with Gasteiger partial charge in [-0.25, -0.2) is 9.42 Å². The number of ether oxygens (including phenoxy) is 1. The first-order valence-corrected chi connectivity index (χ1v) is 11.7. The van der Waals surface area contributed by atoms with E-state index in [1.54, 1.807) is 6.07 Å². The summed E-state index contributed by atoms with van der Waals surface area (Å²) >= 11 is 0. The fraction of sp³-hybridized carbons (Fsp3) is 0.440. The third-order valence-electron chi connectivity index (χ3n) is 7.78. The van der Waals surface area contributed by atoms with Crippen molar-refractivity contribution in [1.29, 1.82) is 0 Å². The number of hydrogen-bond donors (Lipinski definition) is 1. The van der Waals surface area contributed by atoms with Gasteiger partial charge < -0.3 is 19.6 Å². The maximum atomic E-state index is 12.9. The minimum absolute atomic E-state index is 0.0449. The van der Waals surface area contributed by atoms with Crippen molar-refractivity contribution in [3.63, 3.8) is 0 Å². The van der Waals surface area contributed by atoms with Gasteiger partial charge in [-0.2, -0.15) is 0 Å². The van der Waals surface area contributed by atoms with Crippen molar-refractivity contribution in [3.8, 4) is 0 Å². The van der Waals surface area contributed by atoms with E-state index in [2.05, 4.69) is 15.2 Å². The van der Waals surface area contributed by atoms with Crippen molar-refractivity contribution < 1.29 is 24.1 Å². The minimum Gasteiger partial charge on any atom is -0.457 e. The molecule has 6 rings (SSSR count). The third kappa shape index (κ3) is 3.47. The van der Waals surface area contributed by atoms with Gasteiger partial charge in [0, 0.05) is 30.8 Å². The summed E-state index contributed by atoms with van der Waals surface area (Å²) in [5, 5.41) is 18.7. The van der Waals surface area contributed by atoms with Crippen LogP contribution in [0.15, 0.2) is 35.0 Å². The summed E-state index contributed by atoms with van der Waals surface area (Å²) in [6, 6.07) is 9.17. The minimum atomic E-state index is -0.639. The summed E-state index contributed by atoms with van der Waals surface area (Å²) in [5.74, 6) is -0.159. The van der Waals surface area contributed by atoms with Crippen LogP contribution in [0.2, 0.25) is 0 Å². The first-order valence-electron chi connectivity index (χ1n) is 11.7. The Hall–Kier alpha value is -3.30. The number of β-amino-alcohol motifs (C(OH)–C–C–N with tert-alkyl or cyclic N) is 1. The number of fused-ring (bicyclic) bond motifs is 2. The molecule has 176 valence electrons. The van der Waals surface area contributed by atoms with Gasteiger partial charge in [0.1, 0.15) is 17.6 Å². The Morgan fingerprint density at radius 3 is 2.74 bits per heavy atom. The molecule has 3 aliphatic rings. The van der Waals surface area contributed by atoms with Gasteiger partial charge in [-0.05, 0) is 84.0 Å². The van der Waals surface area contributed by atoms with E-state index in [1.165, 1.54) is 0 Å². The third-order valence-corrected chi connectivity index (χ3v) is 7.78. The van der Waals surface area contributed by atoms with Gasteiger partial charge in [-0.15, -0.1) is 0 Å². The highest BCUT2D eigenvalue weighted by Gasteiger charge is 2.45. The van der Waals surface area contributed by atoms with Crippen LogP contribution in [0, 0.1) is 12.3 Å². The summed E-state index contributed by atoms with van der Waals surface area (Å²) < 4.78 is 9.91. The van der Waals surface area contributed by atoms with Gasteiger partial charge in [0.05, 0.1) is 11.7 Å². The predicted molar refractivity (Wildman–Crippen MR) is 122 cm³/mol. The monoisotopic (exact) mass is 462 g/mol. The van der Waals surface area contributed by atoms with Crippen LogP contribution in [0.4, 0.5) is 5.69 Å². The van der Waals surface area contributed by atoms with Crippen LogP contribution in [0.3, 0.4) is 0 Å². The maximum absolute atomic E-state index is 12.9. The number of carbonyl (C=O) groups excluding carboxylic acids is 2. The van der Waals surface area contributed by atoms with Crippen molar-refractivity contribution in [1.82, 2.24) is 15.2 Å². The molecule has 0 radical (unpaired) electrons. The van der Waals surface area contributed by atoms with Crippen molar-refractivity contribution >= 4 is 28.6 Å². The molecule has 0 saturated carbocycles. The zero-order valence-electron chi connectivity index (χ0n) is 19.0. The second kappa shape index (κ2) is 7.89. The van der Waals surface area contributed by atoms with Gasteiger partial charge in [0.15, 0.2) is 0 Å². The molecule has 0 unspecified atom stereocenters. The molecule has 9 nitrogen and oxygen atoms in total. The molecule has 1 atom stereocenters. The van der Waals surface area contributed by atoms with Crippen molar-refractivity contribution in [3.05, 3.63) is 52.6 Å². The Morgan fingerprint density at radius 1 is 1.12 bits per heavy atom. The van der Waals surface area contributed by atoms with E-state index in [1.807, 2.05) is 36.1 Å². The van der Waals surface area contributed by atoms with Crippen LogP contribution >= 0.6 is 0 Å². The number of esters is 1. The molecule has 0 aliphatic carbocycles. The first-order chi connectivity index (χ1) is 16.4. The number of hydrogen-bond acceptors (Lipinski definition) is 8. The van der Waals surface area contributed by atoms with Gasteiger partial charge in [-0.3, -0.25) is 4.79 Å². The Bertz CT molecular complexity index is 1290. The first kappa shape index (κ1) is 21.2. The van der Waals surface area contributed by atoms with Crippen LogP contribution in [-0.4, -0.2) is 58.4 Å². The fourth-order valence-electron chi connectivity index (χ4n) is 5.69. The molecule has 3 aromatic rings. The normalized spacial score (nSPS) is 20.8. The Kier molecular flexibility index (Phi) is 4.93. The number of rotatable bonds is 4. The van der Waals surface area contributed by atoms with E-state index in [4.69, 9.17) is 9.37 Å². The average Bonchev–Trinajstić information content (AvgIpc) is 3.53. The number of cyclic esters (lactones) is 1. The molecule has 1 N–H and O–H groups in total. The lowest BCUT2D eigenvalue weighted by atomic mass is 9.77. The number of benzene rings is 2. The van der Waals surface area contributed by atoms with E-state index in [0.717, 1.165) is 48.3 Å². The van der Waals surface area contributed by atoms with Crippen LogP contribution < -0.4 is 4.90 Å². The van der Waals surface area contributed by atoms with E-state index in [0.29, 0.717) is 36.1 Å². The number of anilines is 1. The number of aliphatic hydroxyl groups is 1. The van der Waals surface area contributed by atoms with E-state index < -0.39 is 6.10 Å². The summed E-state index contributed by atoms with van der Waals surface area (Å²) in [7, 11) is 0. The lowest BCUT2D eigenvalue weighted by molar-refractivity contribution is -0.118. The molecule has 0 bridgehead atoms. The molecule has 4 heterocycles. The average molecular weight is 463 g/mol. The SMILES string of the molecule is Cc1c([C@@H](O)CN2CCC3(CC2)CC(=O)N(c2ccc4nonc4c2)C3)ccc2c1COC2=O. The molecule has 1 amide bonds. The molecular weight excluding hydrogens is 436 g/mol. The summed E-state index contributed by atoms with van der Waals surface area (Å²) in [6.07, 6.45) is 1.71. The second-order valence-electron chi connectivity index (χ2n) is 9.79. The standard InChI is InChI=1S/C25H26N4O5/c1-15-17(3-4-18-19(15)13-33-24(18)32)22(30)12-28-8-6-25(7-9-28)11-23(31)29(14-25)16-2-5-20-21(10-16)27-34-26-20/h2-5,10,22,30H,6-9,11-14H2,1H3/t22-/m0/s1. The highest BCUT2D eigenvalue weighted by Crippen LogP contribution is 2.43. The Balaban J connectivity index is 1.11. The summed E-state index contributed by atoms with van der Waals surface area (Å²) in [4.78, 5) is 28.8.